The van der Waals surface area contributed by atoms with Crippen molar-refractivity contribution in [2.24, 2.45) is 11.8 Å². The molecule has 182 valence electrons. The number of carbonyl (C=O) groups excluding carboxylic acids is 1. The molecule has 2 aromatic carbocycles. The van der Waals surface area contributed by atoms with E-state index >= 15 is 0 Å². The second-order valence-corrected chi connectivity index (χ2v) is 11.7. The molecule has 1 atom stereocenters. The summed E-state index contributed by atoms with van der Waals surface area (Å²) < 4.78 is 28.9. The zero-order valence-electron chi connectivity index (χ0n) is 20.6. The Morgan fingerprint density at radius 3 is 2.24 bits per heavy atom. The molecule has 1 N–H and O–H groups in total. The number of rotatable bonds is 10. The summed E-state index contributed by atoms with van der Waals surface area (Å²) in [7, 11) is 0.0112. The van der Waals surface area contributed by atoms with Gasteiger partial charge < -0.3 is 10.2 Å². The second kappa shape index (κ2) is 11.4. The van der Waals surface area contributed by atoms with E-state index in [1.165, 1.54) is 10.4 Å². The molecular formula is C25H36ClN3O3S. The largest absolute Gasteiger partial charge is 0.377 e. The van der Waals surface area contributed by atoms with E-state index in [1.54, 1.807) is 18.2 Å². The SMILES string of the molecule is CC(C)CC(=O)Nc1ccc(N(C)C)c(CN(C(C)C(C)C)S(=O)(=O)c2cccc(Cl)c2)c1. The van der Waals surface area contributed by atoms with Gasteiger partial charge in [-0.2, -0.15) is 4.31 Å². The number of sulfonamides is 1. The smallest absolute Gasteiger partial charge is 0.243 e. The summed E-state index contributed by atoms with van der Waals surface area (Å²) in [5.41, 5.74) is 2.35. The van der Waals surface area contributed by atoms with Crippen LogP contribution < -0.4 is 10.2 Å². The summed E-state index contributed by atoms with van der Waals surface area (Å²) in [6.45, 7) is 10.1. The molecule has 0 fully saturated rings. The maximum absolute atomic E-state index is 13.7. The van der Waals surface area contributed by atoms with Gasteiger partial charge in [0.25, 0.3) is 0 Å². The summed E-state index contributed by atoms with van der Waals surface area (Å²) in [6.07, 6.45) is 0.421. The quantitative estimate of drug-likeness (QED) is 0.466. The molecule has 0 saturated heterocycles. The van der Waals surface area contributed by atoms with E-state index in [0.29, 0.717) is 17.1 Å². The van der Waals surface area contributed by atoms with Gasteiger partial charge >= 0.3 is 0 Å². The number of hydrogen-bond acceptors (Lipinski definition) is 4. The van der Waals surface area contributed by atoms with Crippen molar-refractivity contribution < 1.29 is 13.2 Å². The molecule has 1 amide bonds. The molecule has 0 aliphatic heterocycles. The number of anilines is 2. The van der Waals surface area contributed by atoms with Crippen molar-refractivity contribution in [3.63, 3.8) is 0 Å². The topological polar surface area (TPSA) is 69.7 Å². The molecule has 0 radical (unpaired) electrons. The van der Waals surface area contributed by atoms with Crippen LogP contribution in [0.25, 0.3) is 0 Å². The van der Waals surface area contributed by atoms with Crippen LogP contribution in [-0.4, -0.2) is 38.8 Å². The Hall–Kier alpha value is -2.09. The number of nitrogens with zero attached hydrogens (tertiary/aromatic N) is 2. The predicted molar refractivity (Wildman–Crippen MR) is 137 cm³/mol. The van der Waals surface area contributed by atoms with Crippen molar-refractivity contribution in [1.82, 2.24) is 4.31 Å². The van der Waals surface area contributed by atoms with Crippen molar-refractivity contribution >= 4 is 38.9 Å². The molecule has 0 saturated carbocycles. The summed E-state index contributed by atoms with van der Waals surface area (Å²) in [5, 5.41) is 3.31. The van der Waals surface area contributed by atoms with Gasteiger partial charge in [0, 0.05) is 49.5 Å². The molecule has 0 aromatic heterocycles. The van der Waals surface area contributed by atoms with Gasteiger partial charge in [-0.05, 0) is 60.7 Å². The normalized spacial score (nSPS) is 12.9. The Bertz CT molecular complexity index is 1070. The van der Waals surface area contributed by atoms with Crippen molar-refractivity contribution in [3.8, 4) is 0 Å². The fourth-order valence-corrected chi connectivity index (χ4v) is 5.56. The van der Waals surface area contributed by atoms with Crippen molar-refractivity contribution in [2.45, 2.75) is 58.5 Å². The summed E-state index contributed by atoms with van der Waals surface area (Å²) in [6, 6.07) is 11.7. The average molecular weight is 494 g/mol. The van der Waals surface area contributed by atoms with Crippen molar-refractivity contribution in [3.05, 3.63) is 53.1 Å². The van der Waals surface area contributed by atoms with Crippen LogP contribution in [0.5, 0.6) is 0 Å². The van der Waals surface area contributed by atoms with Crippen LogP contribution in [0.3, 0.4) is 0 Å². The fourth-order valence-electron chi connectivity index (χ4n) is 3.52. The minimum Gasteiger partial charge on any atom is -0.377 e. The van der Waals surface area contributed by atoms with Crippen LogP contribution in [-0.2, 0) is 21.4 Å². The number of halogens is 1. The molecule has 0 bridgehead atoms. The lowest BCUT2D eigenvalue weighted by Gasteiger charge is -2.32. The van der Waals surface area contributed by atoms with Crippen LogP contribution in [0.1, 0.15) is 46.6 Å². The highest BCUT2D eigenvalue weighted by Gasteiger charge is 2.32. The maximum Gasteiger partial charge on any atom is 0.243 e. The first kappa shape index (κ1) is 27.2. The Kier molecular flexibility index (Phi) is 9.35. The molecule has 0 spiro atoms. The van der Waals surface area contributed by atoms with Crippen LogP contribution in [0.4, 0.5) is 11.4 Å². The van der Waals surface area contributed by atoms with E-state index in [9.17, 15) is 13.2 Å². The minimum atomic E-state index is -3.82. The first-order chi connectivity index (χ1) is 15.3. The monoisotopic (exact) mass is 493 g/mol. The molecule has 8 heteroatoms. The average Bonchev–Trinajstić information content (AvgIpc) is 2.70. The lowest BCUT2D eigenvalue weighted by atomic mass is 10.1. The molecule has 6 nitrogen and oxygen atoms in total. The number of benzene rings is 2. The fraction of sp³-hybridized carbons (Fsp3) is 0.480. The number of amides is 1. The third-order valence-electron chi connectivity index (χ3n) is 5.59. The molecule has 33 heavy (non-hydrogen) atoms. The van der Waals surface area contributed by atoms with Gasteiger partial charge in [0.1, 0.15) is 0 Å². The van der Waals surface area contributed by atoms with Gasteiger partial charge in [0.2, 0.25) is 15.9 Å². The highest BCUT2D eigenvalue weighted by molar-refractivity contribution is 7.89. The standard InChI is InChI=1S/C25H36ClN3O3S/c1-17(2)13-25(30)27-22-11-12-24(28(6)7)20(14-22)16-29(19(5)18(3)4)33(31,32)23-10-8-9-21(26)15-23/h8-12,14-15,17-19H,13,16H2,1-7H3,(H,27,30). The van der Waals surface area contributed by atoms with Gasteiger partial charge in [0.05, 0.1) is 4.90 Å². The first-order valence-electron chi connectivity index (χ1n) is 11.2. The highest BCUT2D eigenvalue weighted by atomic mass is 35.5. The predicted octanol–water partition coefficient (Wildman–Crippen LogP) is 5.63. The van der Waals surface area contributed by atoms with E-state index < -0.39 is 10.0 Å². The minimum absolute atomic E-state index is 0.0625. The third kappa shape index (κ3) is 7.19. The zero-order chi connectivity index (χ0) is 24.9. The summed E-state index contributed by atoms with van der Waals surface area (Å²) in [5.74, 6) is 0.277. The van der Waals surface area contributed by atoms with Gasteiger partial charge in [-0.3, -0.25) is 4.79 Å². The van der Waals surface area contributed by atoms with E-state index in [-0.39, 0.29) is 35.2 Å². The third-order valence-corrected chi connectivity index (χ3v) is 7.75. The van der Waals surface area contributed by atoms with Gasteiger partial charge in [-0.15, -0.1) is 0 Å². The van der Waals surface area contributed by atoms with Gasteiger partial charge in [-0.1, -0.05) is 45.4 Å². The van der Waals surface area contributed by atoms with E-state index in [0.717, 1.165) is 11.3 Å². The van der Waals surface area contributed by atoms with Crippen LogP contribution >= 0.6 is 11.6 Å². The lowest BCUT2D eigenvalue weighted by Crippen LogP contribution is -2.41. The Morgan fingerprint density at radius 1 is 1.03 bits per heavy atom. The second-order valence-electron chi connectivity index (χ2n) is 9.38. The number of hydrogen-bond donors (Lipinski definition) is 1. The first-order valence-corrected chi connectivity index (χ1v) is 13.0. The summed E-state index contributed by atoms with van der Waals surface area (Å²) >= 11 is 6.10. The van der Waals surface area contributed by atoms with E-state index in [1.807, 2.05) is 71.8 Å². The zero-order valence-corrected chi connectivity index (χ0v) is 22.2. The molecule has 0 aliphatic rings. The molecule has 0 heterocycles. The van der Waals surface area contributed by atoms with Gasteiger partial charge in [0.15, 0.2) is 0 Å². The molecule has 2 aromatic rings. The van der Waals surface area contributed by atoms with Gasteiger partial charge in [-0.25, -0.2) is 8.42 Å². The molecule has 0 aliphatic carbocycles. The Morgan fingerprint density at radius 2 is 1.70 bits per heavy atom. The lowest BCUT2D eigenvalue weighted by molar-refractivity contribution is -0.116. The van der Waals surface area contributed by atoms with Crippen LogP contribution in [0.15, 0.2) is 47.4 Å². The van der Waals surface area contributed by atoms with E-state index in [4.69, 9.17) is 11.6 Å². The Labute approximate surface area is 204 Å². The van der Waals surface area contributed by atoms with Crippen molar-refractivity contribution in [2.75, 3.05) is 24.3 Å². The van der Waals surface area contributed by atoms with E-state index in [2.05, 4.69) is 5.32 Å². The van der Waals surface area contributed by atoms with Crippen LogP contribution in [0.2, 0.25) is 5.02 Å². The number of carbonyl (C=O) groups is 1. The molecule has 1 unspecified atom stereocenters. The maximum atomic E-state index is 13.7. The molecule has 2 rings (SSSR count). The Balaban J connectivity index is 2.52. The number of nitrogens with one attached hydrogen (secondary N) is 1. The van der Waals surface area contributed by atoms with Crippen LogP contribution in [0, 0.1) is 11.8 Å². The molecular weight excluding hydrogens is 458 g/mol. The summed E-state index contributed by atoms with van der Waals surface area (Å²) in [4.78, 5) is 14.4. The highest BCUT2D eigenvalue weighted by Crippen LogP contribution is 2.30. The van der Waals surface area contributed by atoms with Crippen molar-refractivity contribution in [1.29, 1.82) is 0 Å².